The number of nitrogens with zero attached hydrogens (tertiary/aromatic N) is 1. The number of urea groups is 1. The Bertz CT molecular complexity index is 382. The highest BCUT2D eigenvalue weighted by Gasteiger charge is 2.56. The van der Waals surface area contributed by atoms with Gasteiger partial charge in [0.15, 0.2) is 0 Å². The third-order valence-corrected chi connectivity index (χ3v) is 3.54. The zero-order valence-corrected chi connectivity index (χ0v) is 10.9. The fourth-order valence-corrected chi connectivity index (χ4v) is 2.34. The number of alkyl halides is 3. The first-order valence-electron chi connectivity index (χ1n) is 5.85. The lowest BCUT2D eigenvalue weighted by molar-refractivity contribution is -0.189. The van der Waals surface area contributed by atoms with E-state index >= 15 is 0 Å². The second kappa shape index (κ2) is 4.90. The molecule has 1 fully saturated rings. The second-order valence-corrected chi connectivity index (χ2v) is 5.20. The van der Waals surface area contributed by atoms with Crippen LogP contribution in [0.15, 0.2) is 0 Å². The number of hydrogen-bond donors (Lipinski definition) is 2. The number of nitrogens with one attached hydrogen (secondary N) is 1. The van der Waals surface area contributed by atoms with Crippen molar-refractivity contribution in [3.63, 3.8) is 0 Å². The Labute approximate surface area is 108 Å². The van der Waals surface area contributed by atoms with Crippen LogP contribution in [0.3, 0.4) is 0 Å². The number of rotatable bonds is 2. The Kier molecular flexibility index (Phi) is 4.02. The Morgan fingerprint density at radius 3 is 2.32 bits per heavy atom. The minimum absolute atomic E-state index is 0.0463. The summed E-state index contributed by atoms with van der Waals surface area (Å²) in [6.45, 7) is 3.88. The van der Waals surface area contributed by atoms with Gasteiger partial charge in [0.1, 0.15) is 6.04 Å². The molecule has 5 nitrogen and oxygen atoms in total. The van der Waals surface area contributed by atoms with Crippen molar-refractivity contribution in [2.75, 3.05) is 6.54 Å². The smallest absolute Gasteiger partial charge is 0.394 e. The SMILES string of the molecule is C[C@H](NC(=O)N1CCC(C(F)(F)F)C1(C)C)C(=O)O. The van der Waals surface area contributed by atoms with Crippen molar-refractivity contribution in [3.05, 3.63) is 0 Å². The van der Waals surface area contributed by atoms with E-state index in [2.05, 4.69) is 5.32 Å². The van der Waals surface area contributed by atoms with E-state index in [0.717, 1.165) is 4.90 Å². The van der Waals surface area contributed by atoms with E-state index in [1.165, 1.54) is 20.8 Å². The number of likely N-dealkylation sites (tertiary alicyclic amines) is 1. The van der Waals surface area contributed by atoms with E-state index in [9.17, 15) is 22.8 Å². The Balaban J connectivity index is 2.81. The lowest BCUT2D eigenvalue weighted by Crippen LogP contribution is -2.55. The average Bonchev–Trinajstić information content (AvgIpc) is 2.52. The number of hydrogen-bond acceptors (Lipinski definition) is 2. The summed E-state index contributed by atoms with van der Waals surface area (Å²) in [5.41, 5.74) is -1.39. The third-order valence-electron chi connectivity index (χ3n) is 3.54. The number of aliphatic carboxylic acids is 1. The maximum absolute atomic E-state index is 12.8. The highest BCUT2D eigenvalue weighted by molar-refractivity contribution is 5.82. The van der Waals surface area contributed by atoms with Crippen molar-refractivity contribution in [1.82, 2.24) is 10.2 Å². The van der Waals surface area contributed by atoms with Crippen LogP contribution in [0.5, 0.6) is 0 Å². The fourth-order valence-electron chi connectivity index (χ4n) is 2.34. The molecular formula is C11H17F3N2O3. The first-order valence-corrected chi connectivity index (χ1v) is 5.85. The van der Waals surface area contributed by atoms with Gasteiger partial charge in [0.25, 0.3) is 0 Å². The van der Waals surface area contributed by atoms with Gasteiger partial charge in [-0.15, -0.1) is 0 Å². The van der Waals surface area contributed by atoms with Crippen molar-refractivity contribution in [1.29, 1.82) is 0 Å². The standard InChI is InChI=1S/C11H17F3N2O3/c1-6(8(17)18)15-9(19)16-5-4-7(10(16,2)3)11(12,13)14/h6-7H,4-5H2,1-3H3,(H,15,19)(H,17,18)/t6-,7?/m0/s1. The van der Waals surface area contributed by atoms with Gasteiger partial charge in [-0.25, -0.2) is 4.79 Å². The number of carboxylic acids is 1. The van der Waals surface area contributed by atoms with Gasteiger partial charge in [-0.05, 0) is 27.2 Å². The van der Waals surface area contributed by atoms with E-state index in [1.54, 1.807) is 0 Å². The molecule has 1 rings (SSSR count). The number of halogens is 3. The predicted molar refractivity (Wildman–Crippen MR) is 60.6 cm³/mol. The molecule has 110 valence electrons. The molecule has 2 atom stereocenters. The molecule has 0 aromatic carbocycles. The molecule has 1 saturated heterocycles. The molecule has 1 heterocycles. The Morgan fingerprint density at radius 2 is 1.95 bits per heavy atom. The Hall–Kier alpha value is -1.47. The first kappa shape index (κ1) is 15.6. The highest BCUT2D eigenvalue weighted by Crippen LogP contribution is 2.44. The fraction of sp³-hybridized carbons (Fsp3) is 0.818. The van der Waals surface area contributed by atoms with Gasteiger partial charge in [0.05, 0.1) is 11.5 Å². The Morgan fingerprint density at radius 1 is 1.42 bits per heavy atom. The molecule has 0 radical (unpaired) electrons. The van der Waals surface area contributed by atoms with Crippen LogP contribution in [0.4, 0.5) is 18.0 Å². The second-order valence-electron chi connectivity index (χ2n) is 5.20. The molecule has 1 unspecified atom stereocenters. The minimum atomic E-state index is -4.38. The van der Waals surface area contributed by atoms with E-state index in [0.29, 0.717) is 0 Å². The van der Waals surface area contributed by atoms with Crippen LogP contribution in [0, 0.1) is 5.92 Å². The zero-order valence-electron chi connectivity index (χ0n) is 10.9. The van der Waals surface area contributed by atoms with Crippen molar-refractivity contribution in [2.24, 2.45) is 5.92 Å². The summed E-state index contributed by atoms with van der Waals surface area (Å²) in [4.78, 5) is 23.5. The van der Waals surface area contributed by atoms with Crippen LogP contribution in [-0.4, -0.2) is 46.3 Å². The van der Waals surface area contributed by atoms with Gasteiger partial charge < -0.3 is 15.3 Å². The molecule has 2 amide bonds. The van der Waals surface area contributed by atoms with Gasteiger partial charge in [0.2, 0.25) is 0 Å². The summed E-state index contributed by atoms with van der Waals surface area (Å²) < 4.78 is 38.5. The van der Waals surface area contributed by atoms with Crippen molar-refractivity contribution in [2.45, 2.75) is 44.9 Å². The summed E-state index contributed by atoms with van der Waals surface area (Å²) >= 11 is 0. The molecule has 2 N–H and O–H groups in total. The van der Waals surface area contributed by atoms with Gasteiger partial charge in [-0.2, -0.15) is 13.2 Å². The lowest BCUT2D eigenvalue weighted by Gasteiger charge is -2.36. The van der Waals surface area contributed by atoms with E-state index < -0.39 is 35.7 Å². The van der Waals surface area contributed by atoms with Gasteiger partial charge in [-0.1, -0.05) is 0 Å². The summed E-state index contributed by atoms with van der Waals surface area (Å²) in [5.74, 6) is -2.84. The minimum Gasteiger partial charge on any atom is -0.480 e. The molecule has 0 aromatic heterocycles. The van der Waals surface area contributed by atoms with Crippen LogP contribution in [-0.2, 0) is 4.79 Å². The molecule has 1 aliphatic heterocycles. The number of amides is 2. The van der Waals surface area contributed by atoms with E-state index in [-0.39, 0.29) is 13.0 Å². The van der Waals surface area contributed by atoms with Gasteiger partial charge in [0, 0.05) is 6.54 Å². The van der Waals surface area contributed by atoms with Crippen LogP contribution < -0.4 is 5.32 Å². The summed E-state index contributed by atoms with van der Waals surface area (Å²) in [7, 11) is 0. The molecule has 0 aliphatic carbocycles. The maximum atomic E-state index is 12.8. The molecule has 0 spiro atoms. The zero-order chi connectivity index (χ0) is 15.0. The molecule has 19 heavy (non-hydrogen) atoms. The van der Waals surface area contributed by atoms with Crippen molar-refractivity contribution in [3.8, 4) is 0 Å². The maximum Gasteiger partial charge on any atom is 0.394 e. The number of carbonyl (C=O) groups is 2. The monoisotopic (exact) mass is 282 g/mol. The highest BCUT2D eigenvalue weighted by atomic mass is 19.4. The van der Waals surface area contributed by atoms with Crippen LogP contribution in [0.1, 0.15) is 27.2 Å². The number of carbonyl (C=O) groups excluding carboxylic acids is 1. The first-order chi connectivity index (χ1) is 8.48. The van der Waals surface area contributed by atoms with Gasteiger partial charge >= 0.3 is 18.2 Å². The summed E-state index contributed by atoms with van der Waals surface area (Å²) in [6, 6.07) is -1.93. The molecule has 0 aromatic rings. The summed E-state index contributed by atoms with van der Waals surface area (Å²) in [6.07, 6.45) is -4.55. The van der Waals surface area contributed by atoms with Crippen molar-refractivity contribution >= 4 is 12.0 Å². The van der Waals surface area contributed by atoms with E-state index in [1.807, 2.05) is 0 Å². The largest absolute Gasteiger partial charge is 0.480 e. The van der Waals surface area contributed by atoms with Crippen LogP contribution >= 0.6 is 0 Å². The predicted octanol–water partition coefficient (Wildman–Crippen LogP) is 1.83. The molecule has 0 bridgehead atoms. The van der Waals surface area contributed by atoms with Gasteiger partial charge in [-0.3, -0.25) is 4.79 Å². The average molecular weight is 282 g/mol. The van der Waals surface area contributed by atoms with E-state index in [4.69, 9.17) is 5.11 Å². The topological polar surface area (TPSA) is 69.6 Å². The quantitative estimate of drug-likeness (QED) is 0.811. The van der Waals surface area contributed by atoms with Crippen LogP contribution in [0.25, 0.3) is 0 Å². The normalized spacial score (nSPS) is 24.1. The van der Waals surface area contributed by atoms with Crippen LogP contribution in [0.2, 0.25) is 0 Å². The molecule has 8 heteroatoms. The molecule has 1 aliphatic rings. The molecular weight excluding hydrogens is 265 g/mol. The third kappa shape index (κ3) is 3.10. The van der Waals surface area contributed by atoms with Crippen molar-refractivity contribution < 1.29 is 27.9 Å². The summed E-state index contributed by atoms with van der Waals surface area (Å²) in [5, 5.41) is 10.8. The number of carboxylic acid groups (broad SMARTS) is 1. The lowest BCUT2D eigenvalue weighted by atomic mass is 9.88. The molecule has 0 saturated carbocycles.